The highest BCUT2D eigenvalue weighted by Crippen LogP contribution is 2.55. The lowest BCUT2D eigenvalue weighted by Gasteiger charge is -2.39. The number of sulfonamides is 1. The third kappa shape index (κ3) is 4.80. The summed E-state index contributed by atoms with van der Waals surface area (Å²) in [6.07, 6.45) is 9.65. The van der Waals surface area contributed by atoms with Crippen molar-refractivity contribution in [1.29, 1.82) is 10.7 Å². The molecule has 0 amide bonds. The van der Waals surface area contributed by atoms with Crippen molar-refractivity contribution >= 4 is 38.4 Å². The quantitative estimate of drug-likeness (QED) is 0.210. The molecule has 0 bridgehead atoms. The Morgan fingerprint density at radius 3 is 2.74 bits per heavy atom. The van der Waals surface area contributed by atoms with Crippen molar-refractivity contribution in [1.82, 2.24) is 29.8 Å². The fourth-order valence-corrected chi connectivity index (χ4v) is 9.27. The molecule has 46 heavy (non-hydrogen) atoms. The number of thiophene rings is 1. The number of rotatable bonds is 7. The molecule has 6 N–H and O–H groups in total. The predicted molar refractivity (Wildman–Crippen MR) is 173 cm³/mol. The van der Waals surface area contributed by atoms with Gasteiger partial charge >= 0.3 is 0 Å². The summed E-state index contributed by atoms with van der Waals surface area (Å²) < 4.78 is 31.6. The van der Waals surface area contributed by atoms with Crippen molar-refractivity contribution < 1.29 is 12.9 Å². The van der Waals surface area contributed by atoms with Crippen LogP contribution in [0.5, 0.6) is 0 Å². The number of nitrogens with one attached hydrogen (secondary N) is 2. The first-order chi connectivity index (χ1) is 22.1. The molecule has 4 aromatic heterocycles. The lowest BCUT2D eigenvalue weighted by atomic mass is 9.63. The molecule has 3 atom stereocenters. The number of nitriles is 1. The minimum atomic E-state index is -4.08. The first-order valence-corrected chi connectivity index (χ1v) is 17.7. The standard InChI is InChI=1S/C30H35N11O3S2/c1-16(20-7-5-12-40(20)2)35-27-19(15-32)29(41-13-9-22(38-41)46(34,42)43)37-28(36-27)24-17-6-3-10-30(25(17)44-39-24)11-4-8-21-23(30)18(14-31)26(33)45-21/h9,13,15-16,20,32H,3-8,10-12,33H2,1-2H3,(H2,34,42,43)(H,35,36,37). The zero-order valence-corrected chi connectivity index (χ0v) is 27.2. The minimum Gasteiger partial charge on any atom is -0.389 e. The number of likely N-dealkylation sites (N-methyl/N-ethyl adjacent to an activating group) is 1. The number of fused-ring (bicyclic) bond motifs is 4. The van der Waals surface area contributed by atoms with Crippen LogP contribution in [0, 0.1) is 16.7 Å². The summed E-state index contributed by atoms with van der Waals surface area (Å²) in [5.74, 6) is 1.57. The molecule has 3 unspecified atom stereocenters. The van der Waals surface area contributed by atoms with E-state index in [1.165, 1.54) is 28.3 Å². The Kier molecular flexibility index (Phi) is 7.46. The summed E-state index contributed by atoms with van der Waals surface area (Å²) in [4.78, 5) is 13.2. The molecular weight excluding hydrogens is 627 g/mol. The van der Waals surface area contributed by atoms with E-state index in [4.69, 9.17) is 30.8 Å². The van der Waals surface area contributed by atoms with Gasteiger partial charge in [0, 0.05) is 34.9 Å². The molecule has 14 nitrogen and oxygen atoms in total. The number of primary sulfonamides is 1. The summed E-state index contributed by atoms with van der Waals surface area (Å²) >= 11 is 1.49. The van der Waals surface area contributed by atoms with Gasteiger partial charge < -0.3 is 25.9 Å². The summed E-state index contributed by atoms with van der Waals surface area (Å²) in [6.45, 7) is 3.08. The maximum Gasteiger partial charge on any atom is 0.257 e. The Morgan fingerprint density at radius 2 is 2.07 bits per heavy atom. The number of likely N-dealkylation sites (tertiary alicyclic amines) is 1. The molecule has 1 aliphatic heterocycles. The Hall–Kier alpha value is -4.17. The van der Waals surface area contributed by atoms with Gasteiger partial charge in [-0.15, -0.1) is 11.3 Å². The van der Waals surface area contributed by atoms with E-state index < -0.39 is 15.4 Å². The summed E-state index contributed by atoms with van der Waals surface area (Å²) in [5.41, 5.74) is 8.98. The first kappa shape index (κ1) is 30.5. The summed E-state index contributed by atoms with van der Waals surface area (Å²) in [7, 11) is -1.98. The third-order valence-electron chi connectivity index (χ3n) is 9.73. The van der Waals surface area contributed by atoms with E-state index in [9.17, 15) is 13.7 Å². The molecule has 1 spiro atoms. The second-order valence-corrected chi connectivity index (χ2v) is 15.1. The van der Waals surface area contributed by atoms with Crippen LogP contribution in [-0.2, 0) is 28.3 Å². The highest BCUT2D eigenvalue weighted by atomic mass is 32.2. The molecule has 0 radical (unpaired) electrons. The van der Waals surface area contributed by atoms with Gasteiger partial charge in [-0.3, -0.25) is 0 Å². The highest BCUT2D eigenvalue weighted by Gasteiger charge is 2.49. The molecule has 2 aliphatic carbocycles. The average Bonchev–Trinajstić information content (AvgIpc) is 3.82. The number of aryl methyl sites for hydroxylation is 1. The van der Waals surface area contributed by atoms with E-state index in [1.807, 2.05) is 0 Å². The van der Waals surface area contributed by atoms with Gasteiger partial charge in [0.05, 0.1) is 16.5 Å². The number of hydrogen-bond acceptors (Lipinski definition) is 13. The second kappa shape index (κ2) is 11.3. The first-order valence-electron chi connectivity index (χ1n) is 15.3. The minimum absolute atomic E-state index is 0.0250. The number of anilines is 2. The van der Waals surface area contributed by atoms with Crippen molar-refractivity contribution in [2.75, 3.05) is 24.6 Å². The van der Waals surface area contributed by atoms with E-state index >= 15 is 0 Å². The SMILES string of the molecule is CC(Nc1nc(-c2noc3c2CCCC32CCCc3sc(N)c(C#N)c32)nc(-n2ccc(S(N)(=O)=O)n2)c1C=N)C1CCCN1C. The molecular formula is C30H35N11O3S2. The average molecular weight is 662 g/mol. The number of nitrogen functional groups attached to an aromatic ring is 1. The Balaban J connectivity index is 1.39. The molecule has 16 heteroatoms. The van der Waals surface area contributed by atoms with E-state index in [1.54, 1.807) is 0 Å². The lowest BCUT2D eigenvalue weighted by molar-refractivity contribution is 0.265. The normalized spacial score (nSPS) is 21.9. The van der Waals surface area contributed by atoms with Crippen LogP contribution < -0.4 is 16.2 Å². The maximum absolute atomic E-state index is 12.1. The van der Waals surface area contributed by atoms with Crippen molar-refractivity contribution in [2.24, 2.45) is 5.14 Å². The van der Waals surface area contributed by atoms with Crippen LogP contribution in [0.25, 0.3) is 17.3 Å². The van der Waals surface area contributed by atoms with Gasteiger partial charge in [-0.25, -0.2) is 28.2 Å². The predicted octanol–water partition coefficient (Wildman–Crippen LogP) is 3.33. The molecule has 0 saturated carbocycles. The van der Waals surface area contributed by atoms with Crippen LogP contribution in [0.3, 0.4) is 0 Å². The van der Waals surface area contributed by atoms with Crippen LogP contribution in [0.15, 0.2) is 21.8 Å². The van der Waals surface area contributed by atoms with Crippen molar-refractivity contribution in [2.45, 2.75) is 80.8 Å². The third-order valence-corrected chi connectivity index (χ3v) is 11.6. The Bertz CT molecular complexity index is 2000. The van der Waals surface area contributed by atoms with E-state index in [-0.39, 0.29) is 28.8 Å². The van der Waals surface area contributed by atoms with Crippen LogP contribution in [0.4, 0.5) is 10.8 Å². The van der Waals surface area contributed by atoms with Gasteiger partial charge in [-0.05, 0) is 83.5 Å². The number of aromatic nitrogens is 5. The smallest absolute Gasteiger partial charge is 0.257 e. The van der Waals surface area contributed by atoms with Crippen LogP contribution in [0.1, 0.15) is 78.3 Å². The number of nitrogens with zero attached hydrogens (tertiary/aromatic N) is 7. The fraction of sp³-hybridized carbons (Fsp3) is 0.467. The monoisotopic (exact) mass is 661 g/mol. The van der Waals surface area contributed by atoms with Crippen molar-refractivity contribution in [3.05, 3.63) is 45.2 Å². The number of hydrogen-bond donors (Lipinski definition) is 4. The zero-order valence-electron chi connectivity index (χ0n) is 25.6. The van der Waals surface area contributed by atoms with E-state index in [0.717, 1.165) is 79.5 Å². The lowest BCUT2D eigenvalue weighted by Crippen LogP contribution is -2.39. The van der Waals surface area contributed by atoms with Crippen molar-refractivity contribution in [3.63, 3.8) is 0 Å². The van der Waals surface area contributed by atoms with Crippen LogP contribution in [-0.4, -0.2) is 70.1 Å². The molecule has 240 valence electrons. The van der Waals surface area contributed by atoms with Gasteiger partial charge in [0.1, 0.15) is 16.9 Å². The molecule has 0 aromatic carbocycles. The van der Waals surface area contributed by atoms with Crippen LogP contribution in [0.2, 0.25) is 0 Å². The molecule has 3 aliphatic rings. The van der Waals surface area contributed by atoms with Gasteiger partial charge in [0.25, 0.3) is 10.0 Å². The van der Waals surface area contributed by atoms with Gasteiger partial charge in [0.15, 0.2) is 28.1 Å². The van der Waals surface area contributed by atoms with Crippen molar-refractivity contribution in [3.8, 4) is 23.4 Å². The largest absolute Gasteiger partial charge is 0.389 e. The van der Waals surface area contributed by atoms with Gasteiger partial charge in [0.2, 0.25) is 0 Å². The van der Waals surface area contributed by atoms with Crippen LogP contribution >= 0.6 is 11.3 Å². The Morgan fingerprint density at radius 1 is 1.28 bits per heavy atom. The maximum atomic E-state index is 12.1. The molecule has 4 aromatic rings. The summed E-state index contributed by atoms with van der Waals surface area (Å²) in [6, 6.07) is 3.87. The Labute approximate surface area is 270 Å². The van der Waals surface area contributed by atoms with E-state index in [2.05, 4.69) is 40.5 Å². The molecule has 5 heterocycles. The van der Waals surface area contributed by atoms with E-state index in [0.29, 0.717) is 34.1 Å². The molecule has 1 fully saturated rings. The topological polar surface area (TPSA) is 219 Å². The highest BCUT2D eigenvalue weighted by molar-refractivity contribution is 7.89. The summed E-state index contributed by atoms with van der Waals surface area (Å²) in [5, 5.41) is 36.2. The van der Waals surface area contributed by atoms with Gasteiger partial charge in [-0.2, -0.15) is 10.4 Å². The molecule has 1 saturated heterocycles. The fourth-order valence-electron chi connectivity index (χ4n) is 7.65. The second-order valence-electron chi connectivity index (χ2n) is 12.4. The number of nitrogens with two attached hydrogens (primary N) is 2. The molecule has 7 rings (SSSR count). The zero-order chi connectivity index (χ0) is 32.4. The van der Waals surface area contributed by atoms with Gasteiger partial charge in [-0.1, -0.05) is 5.16 Å².